The fraction of sp³-hybridized carbons (Fsp3) is 0.708. The maximum absolute atomic E-state index is 13.4. The summed E-state index contributed by atoms with van der Waals surface area (Å²) in [5, 5.41) is 15.0. The van der Waals surface area contributed by atoms with Crippen LogP contribution in [0.4, 0.5) is 0 Å². The zero-order valence-corrected chi connectivity index (χ0v) is 17.4. The van der Waals surface area contributed by atoms with Gasteiger partial charge < -0.3 is 15.3 Å². The highest BCUT2D eigenvalue weighted by molar-refractivity contribution is 5.87. The molecule has 3 unspecified atom stereocenters. The molecule has 3 aliphatic rings. The third kappa shape index (κ3) is 3.86. The second-order valence-electron chi connectivity index (χ2n) is 9.74. The van der Waals surface area contributed by atoms with E-state index in [-0.39, 0.29) is 17.9 Å². The largest absolute Gasteiger partial charge is 0.375 e. The summed E-state index contributed by atoms with van der Waals surface area (Å²) in [6, 6.07) is 9.87. The molecule has 1 saturated heterocycles. The van der Waals surface area contributed by atoms with Crippen LogP contribution in [0.1, 0.15) is 57.9 Å². The summed E-state index contributed by atoms with van der Waals surface area (Å²) < 4.78 is 0. The number of rotatable bonds is 7. The SMILES string of the molecule is CC(C)CCN1CC2C(C1)C2NC(=O)C(O)(c1ccccc1)C1CCCCC1. The van der Waals surface area contributed by atoms with Gasteiger partial charge in [-0.3, -0.25) is 4.79 Å². The maximum Gasteiger partial charge on any atom is 0.257 e. The molecule has 0 aromatic heterocycles. The van der Waals surface area contributed by atoms with E-state index in [2.05, 4.69) is 24.1 Å². The summed E-state index contributed by atoms with van der Waals surface area (Å²) in [5.74, 6) is 1.73. The van der Waals surface area contributed by atoms with Gasteiger partial charge in [-0.05, 0) is 49.1 Å². The number of nitrogens with zero attached hydrogens (tertiary/aromatic N) is 1. The van der Waals surface area contributed by atoms with Gasteiger partial charge in [0.2, 0.25) is 0 Å². The number of carbonyl (C=O) groups is 1. The van der Waals surface area contributed by atoms with Gasteiger partial charge in [0.25, 0.3) is 5.91 Å². The third-order valence-electron chi connectivity index (χ3n) is 7.35. The average Bonchev–Trinajstić information content (AvgIpc) is 3.15. The number of benzene rings is 1. The van der Waals surface area contributed by atoms with Crippen LogP contribution in [0.25, 0.3) is 0 Å². The van der Waals surface area contributed by atoms with Crippen LogP contribution in [0.2, 0.25) is 0 Å². The molecule has 1 aromatic carbocycles. The van der Waals surface area contributed by atoms with Crippen molar-refractivity contribution in [2.75, 3.05) is 19.6 Å². The average molecular weight is 385 g/mol. The number of piperidine rings is 1. The van der Waals surface area contributed by atoms with E-state index in [9.17, 15) is 9.90 Å². The maximum atomic E-state index is 13.4. The summed E-state index contributed by atoms with van der Waals surface area (Å²) in [6.07, 6.45) is 6.52. The number of fused-ring (bicyclic) bond motifs is 1. The van der Waals surface area contributed by atoms with E-state index in [1.54, 1.807) is 0 Å². The molecule has 2 saturated carbocycles. The zero-order valence-electron chi connectivity index (χ0n) is 17.4. The smallest absolute Gasteiger partial charge is 0.257 e. The van der Waals surface area contributed by atoms with Crippen molar-refractivity contribution in [1.82, 2.24) is 10.2 Å². The highest BCUT2D eigenvalue weighted by Crippen LogP contribution is 2.47. The number of hydrogen-bond donors (Lipinski definition) is 2. The second-order valence-corrected chi connectivity index (χ2v) is 9.74. The van der Waals surface area contributed by atoms with Gasteiger partial charge in [0.05, 0.1) is 0 Å². The molecule has 154 valence electrons. The molecule has 4 rings (SSSR count). The summed E-state index contributed by atoms with van der Waals surface area (Å²) in [4.78, 5) is 15.9. The predicted octanol–water partition coefficient (Wildman–Crippen LogP) is 3.55. The van der Waals surface area contributed by atoms with Crippen molar-refractivity contribution in [2.45, 2.75) is 64.0 Å². The van der Waals surface area contributed by atoms with Crippen LogP contribution in [-0.4, -0.2) is 41.6 Å². The van der Waals surface area contributed by atoms with Gasteiger partial charge in [0.15, 0.2) is 5.60 Å². The molecule has 0 spiro atoms. The van der Waals surface area contributed by atoms with E-state index in [0.717, 1.165) is 50.3 Å². The lowest BCUT2D eigenvalue weighted by Gasteiger charge is -2.38. The molecule has 2 aliphatic carbocycles. The van der Waals surface area contributed by atoms with Crippen molar-refractivity contribution in [3.05, 3.63) is 35.9 Å². The Balaban J connectivity index is 1.41. The minimum Gasteiger partial charge on any atom is -0.375 e. The molecule has 1 aromatic rings. The molecule has 0 bridgehead atoms. The van der Waals surface area contributed by atoms with Gasteiger partial charge in [0.1, 0.15) is 0 Å². The number of nitrogens with one attached hydrogen (secondary N) is 1. The van der Waals surface area contributed by atoms with E-state index in [1.807, 2.05) is 30.3 Å². The Hall–Kier alpha value is -1.39. The first-order valence-electron chi connectivity index (χ1n) is 11.3. The number of amides is 1. The highest BCUT2D eigenvalue weighted by atomic mass is 16.3. The number of carbonyl (C=O) groups excluding carboxylic acids is 1. The van der Waals surface area contributed by atoms with Crippen LogP contribution in [0.5, 0.6) is 0 Å². The van der Waals surface area contributed by atoms with E-state index in [1.165, 1.54) is 19.4 Å². The molecule has 2 N–H and O–H groups in total. The van der Waals surface area contributed by atoms with E-state index < -0.39 is 5.60 Å². The van der Waals surface area contributed by atoms with Crippen LogP contribution < -0.4 is 5.32 Å². The van der Waals surface area contributed by atoms with Crippen LogP contribution in [0.3, 0.4) is 0 Å². The van der Waals surface area contributed by atoms with Crippen molar-refractivity contribution < 1.29 is 9.90 Å². The molecular formula is C24H36N2O2. The van der Waals surface area contributed by atoms with Crippen molar-refractivity contribution in [1.29, 1.82) is 0 Å². The standard InChI is InChI=1S/C24H36N2O2/c1-17(2)13-14-26-15-20-21(16-26)22(20)25-23(27)24(28,18-9-5-3-6-10-18)19-11-7-4-8-12-19/h3,5-6,9-10,17,19-22,28H,4,7-8,11-16H2,1-2H3,(H,25,27). The van der Waals surface area contributed by atoms with E-state index in [4.69, 9.17) is 0 Å². The first kappa shape index (κ1) is 19.9. The molecule has 1 aliphatic heterocycles. The Morgan fingerprint density at radius 3 is 2.39 bits per heavy atom. The molecule has 28 heavy (non-hydrogen) atoms. The first-order chi connectivity index (χ1) is 13.5. The Labute approximate surface area is 169 Å². The number of likely N-dealkylation sites (tertiary alicyclic amines) is 1. The molecule has 0 radical (unpaired) electrons. The van der Waals surface area contributed by atoms with Gasteiger partial charge in [-0.1, -0.05) is 63.4 Å². The first-order valence-corrected chi connectivity index (χ1v) is 11.3. The Morgan fingerprint density at radius 2 is 1.79 bits per heavy atom. The molecule has 4 heteroatoms. The summed E-state index contributed by atoms with van der Waals surface area (Å²) in [6.45, 7) is 7.90. The Bertz CT molecular complexity index is 658. The fourth-order valence-electron chi connectivity index (χ4n) is 5.48. The van der Waals surface area contributed by atoms with Crippen molar-refractivity contribution in [3.63, 3.8) is 0 Å². The van der Waals surface area contributed by atoms with Crippen LogP contribution >= 0.6 is 0 Å². The summed E-state index contributed by atoms with van der Waals surface area (Å²) in [5.41, 5.74) is -0.639. The molecular weight excluding hydrogens is 348 g/mol. The highest BCUT2D eigenvalue weighted by Gasteiger charge is 2.58. The van der Waals surface area contributed by atoms with Gasteiger partial charge in [-0.2, -0.15) is 0 Å². The topological polar surface area (TPSA) is 52.6 Å². The molecule has 4 nitrogen and oxygen atoms in total. The minimum atomic E-state index is -1.39. The van der Waals surface area contributed by atoms with Crippen LogP contribution in [0.15, 0.2) is 30.3 Å². The molecule has 1 heterocycles. The lowest BCUT2D eigenvalue weighted by Crippen LogP contribution is -2.51. The zero-order chi connectivity index (χ0) is 19.7. The van der Waals surface area contributed by atoms with Crippen LogP contribution in [-0.2, 0) is 10.4 Å². The summed E-state index contributed by atoms with van der Waals surface area (Å²) >= 11 is 0. The van der Waals surface area contributed by atoms with Gasteiger partial charge in [-0.15, -0.1) is 0 Å². The lowest BCUT2D eigenvalue weighted by atomic mass is 9.73. The Kier molecular flexibility index (Phi) is 5.80. The number of aliphatic hydroxyl groups is 1. The normalized spacial score (nSPS) is 30.1. The fourth-order valence-corrected chi connectivity index (χ4v) is 5.48. The van der Waals surface area contributed by atoms with Crippen molar-refractivity contribution in [3.8, 4) is 0 Å². The second kappa shape index (κ2) is 8.16. The van der Waals surface area contributed by atoms with Crippen molar-refractivity contribution >= 4 is 5.91 Å². The van der Waals surface area contributed by atoms with Gasteiger partial charge in [-0.25, -0.2) is 0 Å². The summed E-state index contributed by atoms with van der Waals surface area (Å²) in [7, 11) is 0. The van der Waals surface area contributed by atoms with Gasteiger partial charge in [0, 0.05) is 25.0 Å². The molecule has 1 amide bonds. The number of hydrogen-bond acceptors (Lipinski definition) is 3. The van der Waals surface area contributed by atoms with Gasteiger partial charge >= 0.3 is 0 Å². The predicted molar refractivity (Wildman–Crippen MR) is 112 cm³/mol. The van der Waals surface area contributed by atoms with E-state index >= 15 is 0 Å². The minimum absolute atomic E-state index is 0.0183. The third-order valence-corrected chi connectivity index (χ3v) is 7.35. The monoisotopic (exact) mass is 384 g/mol. The van der Waals surface area contributed by atoms with Crippen LogP contribution in [0, 0.1) is 23.7 Å². The molecule has 3 fully saturated rings. The van der Waals surface area contributed by atoms with E-state index in [0.29, 0.717) is 11.8 Å². The van der Waals surface area contributed by atoms with Crippen molar-refractivity contribution in [2.24, 2.45) is 23.7 Å². The Morgan fingerprint density at radius 1 is 1.14 bits per heavy atom. The lowest BCUT2D eigenvalue weighted by molar-refractivity contribution is -0.149. The molecule has 3 atom stereocenters. The quantitative estimate of drug-likeness (QED) is 0.756.